The molecule has 0 saturated carbocycles. The molecule has 0 amide bonds. The normalized spacial score (nSPS) is 12.0. The maximum Gasteiger partial charge on any atom is 0.245 e. The van der Waals surface area contributed by atoms with Gasteiger partial charge < -0.3 is 10.1 Å². The molecular weight excluding hydrogens is 480 g/mol. The van der Waals surface area contributed by atoms with E-state index in [9.17, 15) is 16.8 Å². The fraction of sp³-hybridized carbons (Fsp3) is 0.190. The molecule has 13 heteroatoms. The van der Waals surface area contributed by atoms with E-state index >= 15 is 0 Å². The van der Waals surface area contributed by atoms with Crippen molar-refractivity contribution in [1.82, 2.24) is 19.7 Å². The first-order chi connectivity index (χ1) is 16.0. The van der Waals surface area contributed by atoms with Crippen LogP contribution in [0.5, 0.6) is 5.75 Å². The predicted octanol–water partition coefficient (Wildman–Crippen LogP) is 2.60. The number of hydrogen-bond donors (Lipinski definition) is 1. The summed E-state index contributed by atoms with van der Waals surface area (Å²) in [5, 5.41) is 8.22. The van der Waals surface area contributed by atoms with Crippen molar-refractivity contribution in [3.05, 3.63) is 60.4 Å². The number of benzene rings is 2. The zero-order valence-electron chi connectivity index (χ0n) is 18.8. The van der Waals surface area contributed by atoms with Crippen LogP contribution in [0.4, 0.5) is 17.3 Å². The number of nitrogens with zero attached hydrogens (tertiary/aromatic N) is 5. The molecule has 178 valence electrons. The number of fused-ring (bicyclic) bond motifs is 1. The Labute approximate surface area is 197 Å². The van der Waals surface area contributed by atoms with Crippen molar-refractivity contribution >= 4 is 48.4 Å². The lowest BCUT2D eigenvalue weighted by Crippen LogP contribution is -2.35. The first-order valence-electron chi connectivity index (χ1n) is 9.91. The van der Waals surface area contributed by atoms with Crippen molar-refractivity contribution in [2.24, 2.45) is 0 Å². The molecule has 0 fully saturated rings. The Kier molecular flexibility index (Phi) is 5.91. The number of sulfonamides is 2. The maximum atomic E-state index is 12.0. The summed E-state index contributed by atoms with van der Waals surface area (Å²) in [5.74, 6) is 1.03. The minimum atomic E-state index is -4.02. The minimum absolute atomic E-state index is 0.0000206. The monoisotopic (exact) mass is 502 g/mol. The summed E-state index contributed by atoms with van der Waals surface area (Å²) in [6.45, 7) is 1.95. The topological polar surface area (TPSA) is 136 Å². The highest BCUT2D eigenvalue weighted by atomic mass is 32.3. The second kappa shape index (κ2) is 8.57. The van der Waals surface area contributed by atoms with Crippen LogP contribution >= 0.6 is 0 Å². The van der Waals surface area contributed by atoms with Gasteiger partial charge in [0.25, 0.3) is 0 Å². The Bertz CT molecular complexity index is 1550. The molecule has 4 rings (SSSR count). The first-order valence-corrected chi connectivity index (χ1v) is 13.6. The molecule has 2 aromatic carbocycles. The maximum absolute atomic E-state index is 12.0. The van der Waals surface area contributed by atoms with Gasteiger partial charge in [-0.15, -0.1) is 0 Å². The molecule has 0 atom stereocenters. The number of anilines is 3. The van der Waals surface area contributed by atoms with Crippen molar-refractivity contribution < 1.29 is 21.6 Å². The second-order valence-corrected chi connectivity index (χ2v) is 11.5. The van der Waals surface area contributed by atoms with E-state index in [1.54, 1.807) is 24.2 Å². The van der Waals surface area contributed by atoms with Gasteiger partial charge in [0.15, 0.2) is 5.65 Å². The summed E-state index contributed by atoms with van der Waals surface area (Å²) >= 11 is 0. The quantitative estimate of drug-likeness (QED) is 0.404. The van der Waals surface area contributed by atoms with Crippen LogP contribution in [0.15, 0.2) is 54.9 Å². The van der Waals surface area contributed by atoms with Gasteiger partial charge in [0.05, 0.1) is 42.6 Å². The zero-order chi connectivity index (χ0) is 24.7. The van der Waals surface area contributed by atoms with Gasteiger partial charge in [-0.1, -0.05) is 0 Å². The predicted molar refractivity (Wildman–Crippen MR) is 130 cm³/mol. The van der Waals surface area contributed by atoms with Gasteiger partial charge in [-0.2, -0.15) is 13.8 Å². The summed E-state index contributed by atoms with van der Waals surface area (Å²) in [6.07, 6.45) is 4.97. The van der Waals surface area contributed by atoms with E-state index in [4.69, 9.17) is 4.74 Å². The third-order valence-electron chi connectivity index (χ3n) is 4.88. The van der Waals surface area contributed by atoms with E-state index in [1.807, 2.05) is 25.1 Å². The summed E-state index contributed by atoms with van der Waals surface area (Å²) in [4.78, 5) is 8.87. The van der Waals surface area contributed by atoms with Crippen LogP contribution < -0.4 is 13.8 Å². The Morgan fingerprint density at radius 2 is 1.65 bits per heavy atom. The highest BCUT2D eigenvalue weighted by Gasteiger charge is 2.27. The Balaban J connectivity index is 1.65. The van der Waals surface area contributed by atoms with Crippen LogP contribution in [-0.2, 0) is 20.0 Å². The Morgan fingerprint density at radius 1 is 0.971 bits per heavy atom. The van der Waals surface area contributed by atoms with Crippen LogP contribution in [0.25, 0.3) is 16.7 Å². The third kappa shape index (κ3) is 4.65. The van der Waals surface area contributed by atoms with Crippen LogP contribution in [0.2, 0.25) is 0 Å². The smallest absolute Gasteiger partial charge is 0.245 e. The van der Waals surface area contributed by atoms with Gasteiger partial charge in [0.2, 0.25) is 26.0 Å². The van der Waals surface area contributed by atoms with E-state index in [-0.39, 0.29) is 11.6 Å². The van der Waals surface area contributed by atoms with Crippen LogP contribution in [0, 0.1) is 6.92 Å². The molecule has 2 aromatic heterocycles. The number of hydrogen-bond acceptors (Lipinski definition) is 9. The van der Waals surface area contributed by atoms with Crippen LogP contribution in [-0.4, -0.2) is 56.2 Å². The lowest BCUT2D eigenvalue weighted by molar-refractivity contribution is 0.414. The van der Waals surface area contributed by atoms with Gasteiger partial charge in [-0.05, 0) is 55.0 Å². The summed E-state index contributed by atoms with van der Waals surface area (Å²) < 4.78 is 55.2. The molecule has 1 N–H and O–H groups in total. The minimum Gasteiger partial charge on any atom is -0.497 e. The van der Waals surface area contributed by atoms with Crippen molar-refractivity contribution in [3.63, 3.8) is 0 Å². The van der Waals surface area contributed by atoms with Gasteiger partial charge in [-0.25, -0.2) is 26.5 Å². The van der Waals surface area contributed by atoms with Crippen molar-refractivity contribution in [2.45, 2.75) is 6.92 Å². The summed E-state index contributed by atoms with van der Waals surface area (Å²) in [7, 11) is -6.44. The molecule has 0 radical (unpaired) electrons. The van der Waals surface area contributed by atoms with E-state index in [0.29, 0.717) is 15.0 Å². The highest BCUT2D eigenvalue weighted by molar-refractivity contribution is 8.09. The number of ether oxygens (including phenoxy) is 1. The second-order valence-electron chi connectivity index (χ2n) is 7.58. The first kappa shape index (κ1) is 23.4. The number of rotatable bonds is 7. The zero-order valence-corrected chi connectivity index (χ0v) is 20.4. The van der Waals surface area contributed by atoms with Gasteiger partial charge in [-0.3, -0.25) is 0 Å². The molecule has 0 unspecified atom stereocenters. The Hall–Kier alpha value is -3.71. The van der Waals surface area contributed by atoms with Crippen molar-refractivity contribution in [1.29, 1.82) is 0 Å². The number of nitrogens with one attached hydrogen (secondary N) is 1. The molecule has 11 nitrogen and oxygen atoms in total. The van der Waals surface area contributed by atoms with Crippen molar-refractivity contribution in [2.75, 3.05) is 28.6 Å². The fourth-order valence-corrected chi connectivity index (χ4v) is 6.45. The molecule has 4 aromatic rings. The SMILES string of the molecule is COc1ccc(-n2ncc3cnc(Nc4ccc(N(S(C)(=O)=O)S(C)(=O)=O)cc4)nc32)c(C)c1. The highest BCUT2D eigenvalue weighted by Crippen LogP contribution is 2.26. The van der Waals surface area contributed by atoms with Crippen molar-refractivity contribution in [3.8, 4) is 11.4 Å². The van der Waals surface area contributed by atoms with E-state index < -0.39 is 20.0 Å². The average molecular weight is 503 g/mol. The largest absolute Gasteiger partial charge is 0.497 e. The third-order valence-corrected chi connectivity index (χ3v) is 8.13. The number of aromatic nitrogens is 4. The molecule has 0 spiro atoms. The van der Waals surface area contributed by atoms with Gasteiger partial charge >= 0.3 is 0 Å². The molecule has 0 saturated heterocycles. The average Bonchev–Trinajstić information content (AvgIpc) is 3.16. The standard InChI is InChI=1S/C21H22N6O5S2/c1-14-11-18(32-2)9-10-19(14)26-20-15(13-23-26)12-22-21(25-20)24-16-5-7-17(8-6-16)27(33(3,28)29)34(4,30)31/h5-13H,1-4H3,(H,22,24,25). The summed E-state index contributed by atoms with van der Waals surface area (Å²) in [6, 6.07) is 11.5. The fourth-order valence-electron chi connectivity index (χ4n) is 3.47. The van der Waals surface area contributed by atoms with Gasteiger partial charge in [0.1, 0.15) is 5.75 Å². The molecule has 0 bridgehead atoms. The number of methoxy groups -OCH3 is 1. The molecule has 34 heavy (non-hydrogen) atoms. The van der Waals surface area contributed by atoms with Crippen LogP contribution in [0.3, 0.4) is 0 Å². The van der Waals surface area contributed by atoms with E-state index in [0.717, 1.165) is 34.9 Å². The van der Waals surface area contributed by atoms with Crippen LogP contribution in [0.1, 0.15) is 5.56 Å². The Morgan fingerprint density at radius 3 is 2.24 bits per heavy atom. The summed E-state index contributed by atoms with van der Waals surface area (Å²) in [5.41, 5.74) is 2.92. The number of aryl methyl sites for hydroxylation is 1. The van der Waals surface area contributed by atoms with E-state index in [2.05, 4.69) is 20.4 Å². The van der Waals surface area contributed by atoms with Gasteiger partial charge in [0, 0.05) is 11.9 Å². The molecule has 0 aliphatic heterocycles. The molecule has 2 heterocycles. The molecular formula is C21H22N6O5S2. The van der Waals surface area contributed by atoms with E-state index in [1.165, 1.54) is 24.3 Å². The molecule has 0 aliphatic carbocycles. The lowest BCUT2D eigenvalue weighted by Gasteiger charge is -2.19. The lowest BCUT2D eigenvalue weighted by atomic mass is 10.2. The molecule has 0 aliphatic rings.